The third-order valence-electron chi connectivity index (χ3n) is 5.93. The van der Waals surface area contributed by atoms with E-state index in [0.717, 1.165) is 33.0 Å². The zero-order valence-electron chi connectivity index (χ0n) is 19.4. The largest absolute Gasteiger partial charge is 0.321 e. The highest BCUT2D eigenvalue weighted by Gasteiger charge is 2.24. The zero-order chi connectivity index (χ0) is 22.3. The van der Waals surface area contributed by atoms with Crippen LogP contribution >= 0.6 is 15.9 Å². The molecule has 1 aromatic heterocycles. The summed E-state index contributed by atoms with van der Waals surface area (Å²) in [7, 11) is 0. The topological polar surface area (TPSA) is 57.4 Å². The number of hydroxylamine groups is 1. The van der Waals surface area contributed by atoms with Gasteiger partial charge in [-0.2, -0.15) is 0 Å². The van der Waals surface area contributed by atoms with Gasteiger partial charge in [0.2, 0.25) is 0 Å². The number of benzene rings is 1. The lowest BCUT2D eigenvalue weighted by Gasteiger charge is -2.17. The molecule has 2 N–H and O–H groups in total. The van der Waals surface area contributed by atoms with Crippen molar-refractivity contribution in [1.82, 2.24) is 10.2 Å². The molecule has 31 heavy (non-hydrogen) atoms. The first kappa shape index (κ1) is 24.3. The molecule has 1 aliphatic rings. The van der Waals surface area contributed by atoms with E-state index in [4.69, 9.17) is 4.84 Å². The van der Waals surface area contributed by atoms with Crippen LogP contribution in [0.5, 0.6) is 0 Å². The lowest BCUT2D eigenvalue weighted by Crippen LogP contribution is -2.25. The third-order valence-corrected chi connectivity index (χ3v) is 6.42. The Morgan fingerprint density at radius 1 is 1.00 bits per heavy atom. The van der Waals surface area contributed by atoms with Gasteiger partial charge in [0.1, 0.15) is 0 Å². The number of unbranched alkanes of at least 4 members (excludes halogenated alkanes) is 8. The van der Waals surface area contributed by atoms with E-state index in [1.54, 1.807) is 5.17 Å². The molecule has 0 aliphatic carbocycles. The van der Waals surface area contributed by atoms with Crippen LogP contribution in [-0.2, 0) is 11.4 Å². The van der Waals surface area contributed by atoms with Crippen molar-refractivity contribution in [1.29, 1.82) is 0 Å². The number of H-pyrrole nitrogens is 1. The van der Waals surface area contributed by atoms with Gasteiger partial charge in [-0.1, -0.05) is 93.2 Å². The fraction of sp³-hybridized carbons (Fsp3) is 0.640. The molecule has 0 unspecified atom stereocenters. The summed E-state index contributed by atoms with van der Waals surface area (Å²) >= 11 is 3.46. The highest BCUT2D eigenvalue weighted by Crippen LogP contribution is 2.31. The minimum Gasteiger partial charge on any atom is -0.321 e. The molecule has 0 spiro atoms. The first-order valence-corrected chi connectivity index (χ1v) is 12.6. The molecule has 1 aliphatic heterocycles. The van der Waals surface area contributed by atoms with Gasteiger partial charge in [-0.15, -0.1) is 0 Å². The minimum absolute atomic E-state index is 0.0578. The van der Waals surface area contributed by atoms with Crippen LogP contribution in [0.2, 0.25) is 0 Å². The van der Waals surface area contributed by atoms with Gasteiger partial charge in [0, 0.05) is 9.86 Å². The number of fused-ring (bicyclic) bond motifs is 3. The molecule has 0 fully saturated rings. The lowest BCUT2D eigenvalue weighted by molar-refractivity contribution is -0.142. The fourth-order valence-corrected chi connectivity index (χ4v) is 4.51. The van der Waals surface area contributed by atoms with E-state index >= 15 is 0 Å². The average molecular weight is 493 g/mol. The Bertz CT molecular complexity index is 904. The number of hydrazine groups is 1. The Kier molecular flexibility index (Phi) is 8.99. The third kappa shape index (κ3) is 7.62. The van der Waals surface area contributed by atoms with Gasteiger partial charge in [-0.25, -0.2) is 0 Å². The smallest absolute Gasteiger partial charge is 0.255 e. The number of nitrogens with one attached hydrogen (secondary N) is 2. The van der Waals surface area contributed by atoms with E-state index < -0.39 is 0 Å². The van der Waals surface area contributed by atoms with Crippen molar-refractivity contribution in [3.05, 3.63) is 38.6 Å². The van der Waals surface area contributed by atoms with Crippen molar-refractivity contribution in [2.24, 2.45) is 5.41 Å². The van der Waals surface area contributed by atoms with Crippen LogP contribution in [0.15, 0.2) is 27.5 Å². The van der Waals surface area contributed by atoms with E-state index in [-0.39, 0.29) is 5.56 Å². The summed E-state index contributed by atoms with van der Waals surface area (Å²) < 4.78 is 0.947. The van der Waals surface area contributed by atoms with Crippen LogP contribution in [-0.4, -0.2) is 16.8 Å². The summed E-state index contributed by atoms with van der Waals surface area (Å²) in [5, 5.41) is 2.70. The summed E-state index contributed by atoms with van der Waals surface area (Å²) in [5.74, 6) is 0. The van der Waals surface area contributed by atoms with Crippen LogP contribution in [0.4, 0.5) is 5.69 Å². The zero-order valence-corrected chi connectivity index (χ0v) is 20.9. The molecule has 3 rings (SSSR count). The van der Waals surface area contributed by atoms with Crippen LogP contribution in [0.25, 0.3) is 10.9 Å². The van der Waals surface area contributed by atoms with Gasteiger partial charge in [0.15, 0.2) is 0 Å². The normalized spacial score (nSPS) is 14.2. The Hall–Kier alpha value is -1.37. The summed E-state index contributed by atoms with van der Waals surface area (Å²) in [6.07, 6.45) is 13.0. The molecule has 0 atom stereocenters. The Balaban J connectivity index is 1.26. The van der Waals surface area contributed by atoms with E-state index in [2.05, 4.69) is 47.1 Å². The molecule has 2 heterocycles. The summed E-state index contributed by atoms with van der Waals surface area (Å²) in [4.78, 5) is 21.2. The van der Waals surface area contributed by atoms with Gasteiger partial charge >= 0.3 is 0 Å². The average Bonchev–Trinajstić information content (AvgIpc) is 3.13. The van der Waals surface area contributed by atoms with Crippen LogP contribution in [0, 0.1) is 5.41 Å². The lowest BCUT2D eigenvalue weighted by atomic mass is 9.89. The Morgan fingerprint density at radius 3 is 2.32 bits per heavy atom. The Labute approximate surface area is 195 Å². The highest BCUT2D eigenvalue weighted by molar-refractivity contribution is 9.10. The van der Waals surface area contributed by atoms with E-state index in [9.17, 15) is 4.79 Å². The molecule has 0 saturated heterocycles. The predicted octanol–water partition coefficient (Wildman–Crippen LogP) is 7.31. The number of pyridine rings is 1. The van der Waals surface area contributed by atoms with Gasteiger partial charge < -0.3 is 4.98 Å². The number of nitrogens with zero attached hydrogens (tertiary/aromatic N) is 1. The van der Waals surface area contributed by atoms with Crippen molar-refractivity contribution in [2.75, 3.05) is 12.0 Å². The van der Waals surface area contributed by atoms with Gasteiger partial charge in [0.05, 0.1) is 29.9 Å². The molecule has 5 nitrogen and oxygen atoms in total. The fourth-order valence-electron chi connectivity index (χ4n) is 4.15. The number of halogens is 1. The molecule has 2 aromatic rings. The van der Waals surface area contributed by atoms with E-state index in [0.29, 0.717) is 18.6 Å². The molecule has 172 valence electrons. The van der Waals surface area contributed by atoms with Crippen molar-refractivity contribution < 1.29 is 4.84 Å². The number of hydrogen-bond acceptors (Lipinski definition) is 4. The van der Waals surface area contributed by atoms with Crippen LogP contribution in [0.1, 0.15) is 90.5 Å². The number of rotatable bonds is 12. The molecule has 1 aromatic carbocycles. The quantitative estimate of drug-likeness (QED) is 0.305. The second-order valence-corrected chi connectivity index (χ2v) is 10.9. The molecule has 0 bridgehead atoms. The number of hydrogen-bond donors (Lipinski definition) is 2. The SMILES string of the molecule is CC(C)(C)CCCCCCCCCCCON1Cc2c(c3ccc(Br)cc3[nH]c2=O)N1. The monoisotopic (exact) mass is 491 g/mol. The molecule has 0 amide bonds. The molecular formula is C25H38BrN3O2. The number of aromatic nitrogens is 1. The summed E-state index contributed by atoms with van der Waals surface area (Å²) in [5.41, 5.74) is 6.09. The van der Waals surface area contributed by atoms with Gasteiger partial charge in [-0.05, 0) is 36.5 Å². The second kappa shape index (κ2) is 11.5. The highest BCUT2D eigenvalue weighted by atomic mass is 79.9. The van der Waals surface area contributed by atoms with Crippen molar-refractivity contribution in [2.45, 2.75) is 91.5 Å². The maximum absolute atomic E-state index is 12.4. The van der Waals surface area contributed by atoms with Crippen molar-refractivity contribution in [3.63, 3.8) is 0 Å². The van der Waals surface area contributed by atoms with Gasteiger partial charge in [-0.3, -0.25) is 15.1 Å². The number of aromatic amines is 1. The summed E-state index contributed by atoms with van der Waals surface area (Å²) in [6, 6.07) is 5.92. The second-order valence-electron chi connectivity index (χ2n) is 9.97. The Morgan fingerprint density at radius 2 is 1.65 bits per heavy atom. The maximum Gasteiger partial charge on any atom is 0.255 e. The molecule has 6 heteroatoms. The molecule has 0 saturated carbocycles. The van der Waals surface area contributed by atoms with Crippen LogP contribution < -0.4 is 11.0 Å². The maximum atomic E-state index is 12.4. The molecular weight excluding hydrogens is 454 g/mol. The standard InChI is InChI=1S/C25H38BrN3O2/c1-25(2,3)15-11-9-7-5-4-6-8-10-12-16-31-29-18-21-23(28-29)20-14-13-19(26)17-22(20)27-24(21)30/h13-14,17,28H,4-12,15-16,18H2,1-3H3,(H,27,30). The summed E-state index contributed by atoms with van der Waals surface area (Å²) in [6.45, 7) is 8.13. The van der Waals surface area contributed by atoms with Gasteiger partial charge in [0.25, 0.3) is 5.56 Å². The van der Waals surface area contributed by atoms with E-state index in [1.807, 2.05) is 18.2 Å². The minimum atomic E-state index is -0.0578. The first-order valence-electron chi connectivity index (χ1n) is 11.8. The first-order chi connectivity index (χ1) is 14.8. The number of anilines is 1. The van der Waals surface area contributed by atoms with Crippen molar-refractivity contribution in [3.8, 4) is 0 Å². The van der Waals surface area contributed by atoms with Crippen LogP contribution in [0.3, 0.4) is 0 Å². The molecule has 0 radical (unpaired) electrons. The van der Waals surface area contributed by atoms with Crippen molar-refractivity contribution >= 4 is 32.5 Å². The van der Waals surface area contributed by atoms with E-state index in [1.165, 1.54) is 57.8 Å². The predicted molar refractivity (Wildman–Crippen MR) is 133 cm³/mol.